The average Bonchev–Trinajstić information content (AvgIpc) is 3.05. The molecule has 0 saturated carbocycles. The van der Waals surface area contributed by atoms with Crippen LogP contribution in [0.25, 0.3) is 11.0 Å². The molecule has 4 nitrogen and oxygen atoms in total. The lowest BCUT2D eigenvalue weighted by Gasteiger charge is -2.20. The van der Waals surface area contributed by atoms with Gasteiger partial charge in [-0.25, -0.2) is 0 Å². The zero-order chi connectivity index (χ0) is 15.7. The van der Waals surface area contributed by atoms with E-state index in [1.807, 2.05) is 36.1 Å². The van der Waals surface area contributed by atoms with Crippen LogP contribution in [0.2, 0.25) is 0 Å². The van der Waals surface area contributed by atoms with Crippen LogP contribution in [-0.2, 0) is 13.6 Å². The lowest BCUT2D eigenvalue weighted by molar-refractivity contribution is 0.349. The van der Waals surface area contributed by atoms with E-state index in [9.17, 15) is 0 Å². The van der Waals surface area contributed by atoms with E-state index in [0.717, 1.165) is 23.3 Å². The molecule has 0 aliphatic rings. The Kier molecular flexibility index (Phi) is 4.03. The van der Waals surface area contributed by atoms with Crippen LogP contribution in [0.5, 0.6) is 0 Å². The van der Waals surface area contributed by atoms with Gasteiger partial charge in [-0.2, -0.15) is 5.10 Å². The van der Waals surface area contributed by atoms with Crippen LogP contribution < -0.4 is 5.32 Å². The molecule has 1 aromatic carbocycles. The van der Waals surface area contributed by atoms with Crippen molar-refractivity contribution >= 4 is 11.0 Å². The van der Waals surface area contributed by atoms with Gasteiger partial charge in [0.05, 0.1) is 12.2 Å². The first-order chi connectivity index (χ1) is 10.6. The lowest BCUT2D eigenvalue weighted by Crippen LogP contribution is -2.25. The Morgan fingerprint density at radius 2 is 2.05 bits per heavy atom. The maximum Gasteiger partial charge on any atom is 0.134 e. The van der Waals surface area contributed by atoms with Crippen molar-refractivity contribution in [1.82, 2.24) is 15.1 Å². The van der Waals surface area contributed by atoms with E-state index in [2.05, 4.69) is 43.3 Å². The predicted molar refractivity (Wildman–Crippen MR) is 88.6 cm³/mol. The third-order valence-corrected chi connectivity index (χ3v) is 4.27. The van der Waals surface area contributed by atoms with E-state index < -0.39 is 0 Å². The molecule has 2 heterocycles. The van der Waals surface area contributed by atoms with Crippen LogP contribution in [0.3, 0.4) is 0 Å². The highest BCUT2D eigenvalue weighted by molar-refractivity contribution is 5.77. The number of nitrogens with one attached hydrogen (secondary N) is 1. The number of furan rings is 1. The molecule has 3 rings (SSSR count). The highest BCUT2D eigenvalue weighted by Gasteiger charge is 2.20. The Morgan fingerprint density at radius 1 is 1.27 bits per heavy atom. The van der Waals surface area contributed by atoms with Crippen molar-refractivity contribution in [3.05, 3.63) is 53.5 Å². The van der Waals surface area contributed by atoms with E-state index in [1.165, 1.54) is 11.3 Å². The van der Waals surface area contributed by atoms with Gasteiger partial charge in [0.25, 0.3) is 0 Å². The number of hydrogen-bond acceptors (Lipinski definition) is 3. The van der Waals surface area contributed by atoms with Crippen molar-refractivity contribution < 1.29 is 4.42 Å². The van der Waals surface area contributed by atoms with Gasteiger partial charge in [0.2, 0.25) is 0 Å². The minimum Gasteiger partial charge on any atom is -0.459 e. The molecule has 0 fully saturated rings. The fourth-order valence-electron chi connectivity index (χ4n) is 2.76. The summed E-state index contributed by atoms with van der Waals surface area (Å²) in [6.07, 6.45) is 1.93. The summed E-state index contributed by atoms with van der Waals surface area (Å²) in [5, 5.41) is 9.07. The van der Waals surface area contributed by atoms with Gasteiger partial charge >= 0.3 is 0 Å². The van der Waals surface area contributed by atoms with Crippen LogP contribution in [0, 0.1) is 12.8 Å². The molecule has 0 aliphatic heterocycles. The van der Waals surface area contributed by atoms with Gasteiger partial charge in [-0.1, -0.05) is 32.0 Å². The van der Waals surface area contributed by atoms with E-state index in [-0.39, 0.29) is 6.04 Å². The molecule has 2 aromatic heterocycles. The summed E-state index contributed by atoms with van der Waals surface area (Å²) < 4.78 is 7.94. The molecule has 116 valence electrons. The second kappa shape index (κ2) is 5.97. The zero-order valence-corrected chi connectivity index (χ0v) is 13.6. The SMILES string of the molecule is Cc1c(CNC(c2cc3ccccc3o2)C(C)C)cnn1C. The van der Waals surface area contributed by atoms with Gasteiger partial charge in [-0.3, -0.25) is 4.68 Å². The normalized spacial score (nSPS) is 13.1. The Morgan fingerprint density at radius 3 is 2.68 bits per heavy atom. The van der Waals surface area contributed by atoms with Gasteiger partial charge in [-0.05, 0) is 25.0 Å². The fourth-order valence-corrected chi connectivity index (χ4v) is 2.76. The summed E-state index contributed by atoms with van der Waals surface area (Å²) in [6, 6.07) is 10.5. The predicted octanol–water partition coefficient (Wildman–Crippen LogP) is 3.96. The first-order valence-corrected chi connectivity index (χ1v) is 7.75. The number of aryl methyl sites for hydroxylation is 1. The van der Waals surface area contributed by atoms with E-state index in [0.29, 0.717) is 5.92 Å². The van der Waals surface area contributed by atoms with Crippen LogP contribution in [0.15, 0.2) is 40.9 Å². The minimum atomic E-state index is 0.187. The van der Waals surface area contributed by atoms with Crippen molar-refractivity contribution in [3.63, 3.8) is 0 Å². The topological polar surface area (TPSA) is 43.0 Å². The average molecular weight is 297 g/mol. The lowest BCUT2D eigenvalue weighted by atomic mass is 10.0. The van der Waals surface area contributed by atoms with Gasteiger partial charge in [0.1, 0.15) is 11.3 Å². The number of benzene rings is 1. The van der Waals surface area contributed by atoms with Crippen LogP contribution in [-0.4, -0.2) is 9.78 Å². The summed E-state index contributed by atoms with van der Waals surface area (Å²) in [4.78, 5) is 0. The fraction of sp³-hybridized carbons (Fsp3) is 0.389. The monoisotopic (exact) mass is 297 g/mol. The van der Waals surface area contributed by atoms with Crippen molar-refractivity contribution in [1.29, 1.82) is 0 Å². The van der Waals surface area contributed by atoms with Gasteiger partial charge < -0.3 is 9.73 Å². The van der Waals surface area contributed by atoms with E-state index in [1.54, 1.807) is 0 Å². The second-order valence-electron chi connectivity index (χ2n) is 6.17. The molecule has 4 heteroatoms. The van der Waals surface area contributed by atoms with Crippen LogP contribution in [0.1, 0.15) is 36.9 Å². The maximum absolute atomic E-state index is 6.03. The third-order valence-electron chi connectivity index (χ3n) is 4.27. The number of rotatable bonds is 5. The van der Waals surface area contributed by atoms with Gasteiger partial charge in [-0.15, -0.1) is 0 Å². The number of fused-ring (bicyclic) bond motifs is 1. The van der Waals surface area contributed by atoms with E-state index in [4.69, 9.17) is 4.42 Å². The Bertz CT molecular complexity index is 737. The number of hydrogen-bond donors (Lipinski definition) is 1. The van der Waals surface area contributed by atoms with Gasteiger partial charge in [0.15, 0.2) is 0 Å². The van der Waals surface area contributed by atoms with Crippen LogP contribution >= 0.6 is 0 Å². The summed E-state index contributed by atoms with van der Waals surface area (Å²) in [5.41, 5.74) is 3.37. The molecule has 22 heavy (non-hydrogen) atoms. The first kappa shape index (κ1) is 14.9. The molecular formula is C18H23N3O. The Balaban J connectivity index is 1.82. The third kappa shape index (κ3) is 2.79. The molecule has 1 N–H and O–H groups in total. The highest BCUT2D eigenvalue weighted by Crippen LogP contribution is 2.28. The molecular weight excluding hydrogens is 274 g/mol. The quantitative estimate of drug-likeness (QED) is 0.775. The molecule has 1 unspecified atom stereocenters. The minimum absolute atomic E-state index is 0.187. The van der Waals surface area contributed by atoms with Crippen molar-refractivity contribution in [3.8, 4) is 0 Å². The van der Waals surface area contributed by atoms with Crippen molar-refractivity contribution in [2.24, 2.45) is 13.0 Å². The standard InChI is InChI=1S/C18H23N3O/c1-12(2)18(19-10-15-11-20-21(4)13(15)3)17-9-14-7-5-6-8-16(14)22-17/h5-9,11-12,18-19H,10H2,1-4H3. The first-order valence-electron chi connectivity index (χ1n) is 7.75. The molecule has 0 amide bonds. The van der Waals surface area contributed by atoms with Crippen LogP contribution in [0.4, 0.5) is 0 Å². The molecule has 0 radical (unpaired) electrons. The van der Waals surface area contributed by atoms with Gasteiger partial charge in [0, 0.05) is 30.2 Å². The molecule has 0 aliphatic carbocycles. The van der Waals surface area contributed by atoms with E-state index >= 15 is 0 Å². The maximum atomic E-state index is 6.03. The highest BCUT2D eigenvalue weighted by atomic mass is 16.3. The molecule has 0 bridgehead atoms. The smallest absolute Gasteiger partial charge is 0.134 e. The Labute approximate surface area is 131 Å². The van der Waals surface area contributed by atoms with Crippen molar-refractivity contribution in [2.45, 2.75) is 33.4 Å². The molecule has 0 saturated heterocycles. The Hall–Kier alpha value is -2.07. The largest absolute Gasteiger partial charge is 0.459 e. The second-order valence-corrected chi connectivity index (χ2v) is 6.17. The number of para-hydroxylation sites is 1. The van der Waals surface area contributed by atoms with Crippen molar-refractivity contribution in [2.75, 3.05) is 0 Å². The molecule has 1 atom stereocenters. The molecule has 0 spiro atoms. The summed E-state index contributed by atoms with van der Waals surface area (Å²) >= 11 is 0. The summed E-state index contributed by atoms with van der Waals surface area (Å²) in [6.45, 7) is 7.30. The number of nitrogens with zero attached hydrogens (tertiary/aromatic N) is 2. The summed E-state index contributed by atoms with van der Waals surface area (Å²) in [5.74, 6) is 1.44. The molecule has 3 aromatic rings. The number of aromatic nitrogens is 2. The zero-order valence-electron chi connectivity index (χ0n) is 13.6. The summed E-state index contributed by atoms with van der Waals surface area (Å²) in [7, 11) is 1.97.